The summed E-state index contributed by atoms with van der Waals surface area (Å²) >= 11 is 0. The third-order valence-electron chi connectivity index (χ3n) is 7.25. The van der Waals surface area contributed by atoms with E-state index in [0.717, 1.165) is 46.9 Å². The zero-order chi connectivity index (χ0) is 33.3. The molecule has 0 radical (unpaired) electrons. The van der Waals surface area contributed by atoms with Crippen LogP contribution in [0, 0.1) is 12.8 Å². The van der Waals surface area contributed by atoms with E-state index in [1.807, 2.05) is 36.4 Å². The SMILES string of the molecule is CCCCC(C)CC.CCCCC(CC)Oc1ccc(CN)c(O)c1.COc1ccc(CN)cc1.Cc1ccc(O)cc1O. The molecule has 0 fully saturated rings. The van der Waals surface area contributed by atoms with Crippen LogP contribution in [0.1, 0.15) is 103 Å². The molecule has 2 atom stereocenters. The van der Waals surface area contributed by atoms with Gasteiger partial charge >= 0.3 is 0 Å². The number of aromatic hydroxyl groups is 3. The number of ether oxygens (including phenoxy) is 2. The minimum Gasteiger partial charge on any atom is -0.508 e. The molecule has 0 heterocycles. The molecule has 0 amide bonds. The van der Waals surface area contributed by atoms with Crippen molar-refractivity contribution in [1.82, 2.24) is 0 Å². The average Bonchev–Trinajstić information content (AvgIpc) is 3.04. The van der Waals surface area contributed by atoms with Gasteiger partial charge in [-0.1, -0.05) is 97.4 Å². The van der Waals surface area contributed by atoms with Crippen molar-refractivity contribution in [3.63, 3.8) is 0 Å². The molecule has 7 N–H and O–H groups in total. The second-order valence-electron chi connectivity index (χ2n) is 11.0. The number of phenols is 3. The summed E-state index contributed by atoms with van der Waals surface area (Å²) < 4.78 is 10.8. The van der Waals surface area contributed by atoms with Crippen LogP contribution in [0.2, 0.25) is 0 Å². The van der Waals surface area contributed by atoms with Crippen LogP contribution in [-0.2, 0) is 13.1 Å². The first-order chi connectivity index (χ1) is 21.1. The average molecular weight is 613 g/mol. The number of nitrogens with two attached hydrogens (primary N) is 2. The maximum Gasteiger partial charge on any atom is 0.123 e. The van der Waals surface area contributed by atoms with E-state index in [1.165, 1.54) is 50.7 Å². The standard InChI is InChI=1S/C14H23NO2.C8H11NO.C8H18.C7H8O2/c1-3-5-6-12(4-2)17-13-8-7-11(10-15)14(16)9-13;1-10-8-4-2-7(6-9)3-5-8;1-4-6-7-8(3)5-2;1-5-2-3-6(8)4-7(5)9/h7-9,12,16H,3-6,10,15H2,1-2H3;2-5H,6,9H2,1H3;8H,4-7H2,1-3H3;2-4,8-9H,1H3. The predicted molar refractivity (Wildman–Crippen MR) is 185 cm³/mol. The molecule has 0 aliphatic carbocycles. The van der Waals surface area contributed by atoms with Gasteiger partial charge in [0.2, 0.25) is 0 Å². The monoisotopic (exact) mass is 612 g/mol. The van der Waals surface area contributed by atoms with Gasteiger partial charge in [-0.3, -0.25) is 0 Å². The highest BCUT2D eigenvalue weighted by molar-refractivity contribution is 5.39. The molecule has 44 heavy (non-hydrogen) atoms. The topological polar surface area (TPSA) is 131 Å². The lowest BCUT2D eigenvalue weighted by Crippen LogP contribution is -2.15. The summed E-state index contributed by atoms with van der Waals surface area (Å²) in [6, 6.07) is 17.6. The molecular formula is C37H60N2O5. The number of unbranched alkanes of at least 4 members (excludes halogenated alkanes) is 2. The van der Waals surface area contributed by atoms with Gasteiger partial charge in [-0.25, -0.2) is 0 Å². The summed E-state index contributed by atoms with van der Waals surface area (Å²) in [5, 5.41) is 27.4. The Bertz CT molecular complexity index is 1100. The van der Waals surface area contributed by atoms with E-state index in [4.69, 9.17) is 31.2 Å². The van der Waals surface area contributed by atoms with Crippen molar-refractivity contribution in [3.05, 3.63) is 77.4 Å². The Morgan fingerprint density at radius 3 is 1.77 bits per heavy atom. The number of methoxy groups -OCH3 is 1. The second-order valence-corrected chi connectivity index (χ2v) is 11.0. The van der Waals surface area contributed by atoms with Crippen LogP contribution in [-0.4, -0.2) is 28.5 Å². The van der Waals surface area contributed by atoms with Gasteiger partial charge in [0.05, 0.1) is 13.2 Å². The Balaban J connectivity index is 0.000000591. The van der Waals surface area contributed by atoms with E-state index < -0.39 is 0 Å². The van der Waals surface area contributed by atoms with Crippen LogP contribution in [0.3, 0.4) is 0 Å². The van der Waals surface area contributed by atoms with Gasteiger partial charge in [-0.05, 0) is 61.1 Å². The molecule has 3 rings (SSSR count). The Morgan fingerprint density at radius 1 is 0.705 bits per heavy atom. The number of benzene rings is 3. The van der Waals surface area contributed by atoms with E-state index in [2.05, 4.69) is 34.6 Å². The molecule has 0 saturated heterocycles. The van der Waals surface area contributed by atoms with Crippen LogP contribution in [0.25, 0.3) is 0 Å². The van der Waals surface area contributed by atoms with Gasteiger partial charge in [0.1, 0.15) is 28.7 Å². The van der Waals surface area contributed by atoms with Crippen molar-refractivity contribution in [1.29, 1.82) is 0 Å². The fourth-order valence-corrected chi connectivity index (χ4v) is 3.88. The molecule has 0 aliphatic heterocycles. The fraction of sp³-hybridized carbons (Fsp3) is 0.514. The van der Waals surface area contributed by atoms with Crippen molar-refractivity contribution in [3.8, 4) is 28.7 Å². The summed E-state index contributed by atoms with van der Waals surface area (Å²) in [5.41, 5.74) is 13.5. The highest BCUT2D eigenvalue weighted by atomic mass is 16.5. The van der Waals surface area contributed by atoms with E-state index in [1.54, 1.807) is 26.2 Å². The lowest BCUT2D eigenvalue weighted by molar-refractivity contribution is 0.183. The van der Waals surface area contributed by atoms with Crippen LogP contribution in [0.5, 0.6) is 28.7 Å². The Kier molecular flexibility index (Phi) is 23.0. The van der Waals surface area contributed by atoms with Crippen molar-refractivity contribution < 1.29 is 24.8 Å². The molecule has 0 bridgehead atoms. The Morgan fingerprint density at radius 2 is 1.32 bits per heavy atom. The predicted octanol–water partition coefficient (Wildman–Crippen LogP) is 8.98. The lowest BCUT2D eigenvalue weighted by Gasteiger charge is -2.17. The number of aryl methyl sites for hydroxylation is 1. The Labute approximate surface area is 267 Å². The smallest absolute Gasteiger partial charge is 0.123 e. The number of phenolic OH excluding ortho intramolecular Hbond substituents is 3. The molecule has 3 aromatic carbocycles. The minimum atomic E-state index is 0.0955. The van der Waals surface area contributed by atoms with Gasteiger partial charge in [0, 0.05) is 30.8 Å². The van der Waals surface area contributed by atoms with Gasteiger partial charge in [0.25, 0.3) is 0 Å². The first kappa shape index (κ1) is 40.6. The largest absolute Gasteiger partial charge is 0.508 e. The van der Waals surface area contributed by atoms with Crippen LogP contribution in [0.4, 0.5) is 0 Å². The summed E-state index contributed by atoms with van der Waals surface area (Å²) in [6.07, 6.45) is 10.2. The van der Waals surface area contributed by atoms with E-state index in [9.17, 15) is 5.11 Å². The number of hydrogen-bond donors (Lipinski definition) is 5. The van der Waals surface area contributed by atoms with E-state index in [-0.39, 0.29) is 23.4 Å². The number of hydrogen-bond acceptors (Lipinski definition) is 7. The maximum atomic E-state index is 9.69. The highest BCUT2D eigenvalue weighted by Crippen LogP contribution is 2.25. The maximum absolute atomic E-state index is 9.69. The number of rotatable bonds is 13. The zero-order valence-electron chi connectivity index (χ0n) is 28.3. The molecule has 3 aromatic rings. The normalized spacial score (nSPS) is 11.4. The van der Waals surface area contributed by atoms with Gasteiger partial charge in [-0.15, -0.1) is 0 Å². The molecule has 2 unspecified atom stereocenters. The van der Waals surface area contributed by atoms with E-state index in [0.29, 0.717) is 13.1 Å². The van der Waals surface area contributed by atoms with Crippen molar-refractivity contribution in [2.24, 2.45) is 17.4 Å². The highest BCUT2D eigenvalue weighted by Gasteiger charge is 2.09. The van der Waals surface area contributed by atoms with Gasteiger partial charge in [0.15, 0.2) is 0 Å². The van der Waals surface area contributed by atoms with Crippen LogP contribution in [0.15, 0.2) is 60.7 Å². The molecule has 0 saturated carbocycles. The molecule has 0 aromatic heterocycles. The summed E-state index contributed by atoms with van der Waals surface area (Å²) in [6.45, 7) is 13.8. The quantitative estimate of drug-likeness (QED) is 0.130. The third kappa shape index (κ3) is 18.3. The molecule has 0 aliphatic rings. The minimum absolute atomic E-state index is 0.0955. The van der Waals surface area contributed by atoms with Crippen molar-refractivity contribution >= 4 is 0 Å². The van der Waals surface area contributed by atoms with Crippen LogP contribution < -0.4 is 20.9 Å². The summed E-state index contributed by atoms with van der Waals surface area (Å²) in [7, 11) is 1.65. The van der Waals surface area contributed by atoms with Gasteiger partial charge < -0.3 is 36.3 Å². The molecular weight excluding hydrogens is 552 g/mol. The lowest BCUT2D eigenvalue weighted by atomic mass is 10.0. The van der Waals surface area contributed by atoms with Crippen molar-refractivity contribution in [2.75, 3.05) is 7.11 Å². The Hall–Kier alpha value is -3.42. The van der Waals surface area contributed by atoms with Gasteiger partial charge in [-0.2, -0.15) is 0 Å². The fourth-order valence-electron chi connectivity index (χ4n) is 3.88. The third-order valence-corrected chi connectivity index (χ3v) is 7.25. The first-order valence-electron chi connectivity index (χ1n) is 16.1. The molecule has 0 spiro atoms. The summed E-state index contributed by atoms with van der Waals surface area (Å²) in [4.78, 5) is 0. The molecule has 7 heteroatoms. The van der Waals surface area contributed by atoms with Crippen molar-refractivity contribution in [2.45, 2.75) is 112 Å². The first-order valence-corrected chi connectivity index (χ1v) is 16.1. The molecule has 7 nitrogen and oxygen atoms in total. The van der Waals surface area contributed by atoms with Crippen LogP contribution >= 0.6 is 0 Å². The zero-order valence-corrected chi connectivity index (χ0v) is 28.3. The van der Waals surface area contributed by atoms with E-state index >= 15 is 0 Å². The second kappa shape index (κ2) is 25.0. The molecule has 248 valence electrons. The summed E-state index contributed by atoms with van der Waals surface area (Å²) in [5.74, 6) is 3.00.